The summed E-state index contributed by atoms with van der Waals surface area (Å²) in [4.78, 5) is 7.92. The molecule has 0 bridgehead atoms. The lowest BCUT2D eigenvalue weighted by molar-refractivity contribution is -0.225. The van der Waals surface area contributed by atoms with Crippen LogP contribution in [0.4, 0.5) is 27.8 Å². The summed E-state index contributed by atoms with van der Waals surface area (Å²) >= 11 is 6.06. The van der Waals surface area contributed by atoms with Crippen LogP contribution in [0, 0.1) is 18.8 Å². The summed E-state index contributed by atoms with van der Waals surface area (Å²) in [6.07, 6.45) is -6.00. The average Bonchev–Trinajstić information content (AvgIpc) is 2.44. The first-order valence-corrected chi connectivity index (χ1v) is 7.66. The summed E-state index contributed by atoms with van der Waals surface area (Å²) in [6.45, 7) is 1.71. The van der Waals surface area contributed by atoms with Gasteiger partial charge < -0.3 is 5.32 Å². The van der Waals surface area contributed by atoms with Crippen molar-refractivity contribution in [3.05, 3.63) is 17.0 Å². The van der Waals surface area contributed by atoms with Gasteiger partial charge in [-0.2, -0.15) is 13.2 Å². The predicted molar refractivity (Wildman–Crippen MR) is 76.7 cm³/mol. The molecule has 0 amide bonds. The smallest absolute Gasteiger partial charge is 0.366 e. The number of hydrogen-bond donors (Lipinski definition) is 1. The van der Waals surface area contributed by atoms with Gasteiger partial charge in [-0.05, 0) is 38.5 Å². The van der Waals surface area contributed by atoms with Crippen LogP contribution in [0.15, 0.2) is 6.33 Å². The van der Waals surface area contributed by atoms with Gasteiger partial charge in [-0.25, -0.2) is 18.7 Å². The fourth-order valence-corrected chi connectivity index (χ4v) is 3.14. The lowest BCUT2D eigenvalue weighted by Gasteiger charge is -2.34. The number of nitrogens with zero attached hydrogens (tertiary/aromatic N) is 2. The average molecular weight is 358 g/mol. The molecular formula is C14H17ClF5N3. The molecule has 130 valence electrons. The predicted octanol–water partition coefficient (Wildman–Crippen LogP) is 4.85. The molecule has 0 saturated heterocycles. The van der Waals surface area contributed by atoms with Crippen molar-refractivity contribution >= 4 is 17.4 Å². The number of anilines is 1. The molecule has 0 aliphatic heterocycles. The van der Waals surface area contributed by atoms with Crippen molar-refractivity contribution in [2.24, 2.45) is 11.8 Å². The van der Waals surface area contributed by atoms with Crippen molar-refractivity contribution in [1.29, 1.82) is 0 Å². The zero-order valence-electron chi connectivity index (χ0n) is 12.4. The quantitative estimate of drug-likeness (QED) is 0.782. The van der Waals surface area contributed by atoms with E-state index in [4.69, 9.17) is 11.6 Å². The van der Waals surface area contributed by atoms with E-state index in [1.165, 1.54) is 6.33 Å². The number of halogens is 6. The largest absolute Gasteiger partial charge is 0.397 e. The fraction of sp³-hybridized carbons (Fsp3) is 0.714. The summed E-state index contributed by atoms with van der Waals surface area (Å²) in [5.74, 6) is -3.17. The Bertz CT molecular complexity index is 530. The first-order valence-electron chi connectivity index (χ1n) is 7.28. The summed E-state index contributed by atoms with van der Waals surface area (Å²) in [5, 5.41) is 3.42. The standard InChI is InChI=1S/C14H17ClF5N3/c1-7-11(15)13(22-6-21-7)23-9-4-2-8(3-5-9)10(12(16)17)14(18,19)20/h6,8-10,12H,2-5H2,1H3,(H,21,22,23). The molecule has 9 heteroatoms. The molecule has 1 fully saturated rings. The maximum Gasteiger partial charge on any atom is 0.397 e. The van der Waals surface area contributed by atoms with Crippen molar-refractivity contribution < 1.29 is 22.0 Å². The van der Waals surface area contributed by atoms with Gasteiger partial charge in [-0.1, -0.05) is 11.6 Å². The van der Waals surface area contributed by atoms with Crippen LogP contribution >= 0.6 is 11.6 Å². The zero-order chi connectivity index (χ0) is 17.2. The van der Waals surface area contributed by atoms with E-state index in [1.807, 2.05) is 0 Å². The minimum absolute atomic E-state index is 0.0911. The SMILES string of the molecule is Cc1ncnc(NC2CCC(C(C(F)F)C(F)(F)F)CC2)c1Cl. The monoisotopic (exact) mass is 357 g/mol. The highest BCUT2D eigenvalue weighted by Gasteiger charge is 2.50. The van der Waals surface area contributed by atoms with Crippen molar-refractivity contribution in [1.82, 2.24) is 9.97 Å². The Morgan fingerprint density at radius 3 is 2.30 bits per heavy atom. The fourth-order valence-electron chi connectivity index (χ4n) is 2.99. The van der Waals surface area contributed by atoms with E-state index in [2.05, 4.69) is 15.3 Å². The van der Waals surface area contributed by atoms with E-state index >= 15 is 0 Å². The van der Waals surface area contributed by atoms with Gasteiger partial charge in [0.15, 0.2) is 0 Å². The van der Waals surface area contributed by atoms with Crippen molar-refractivity contribution in [3.63, 3.8) is 0 Å². The van der Waals surface area contributed by atoms with E-state index in [0.29, 0.717) is 29.4 Å². The molecule has 0 spiro atoms. The summed E-state index contributed by atoms with van der Waals surface area (Å²) < 4.78 is 63.8. The van der Waals surface area contributed by atoms with Gasteiger partial charge in [-0.15, -0.1) is 0 Å². The Hall–Kier alpha value is -1.18. The highest BCUT2D eigenvalue weighted by Crippen LogP contribution is 2.43. The molecule has 1 atom stereocenters. The summed E-state index contributed by atoms with van der Waals surface area (Å²) in [5.41, 5.74) is 0.590. The number of rotatable bonds is 4. The van der Waals surface area contributed by atoms with E-state index < -0.39 is 24.4 Å². The van der Waals surface area contributed by atoms with Crippen LogP contribution in [0.2, 0.25) is 5.02 Å². The lowest BCUT2D eigenvalue weighted by atomic mass is 9.78. The van der Waals surface area contributed by atoms with Crippen molar-refractivity contribution in [2.75, 3.05) is 5.32 Å². The van der Waals surface area contributed by atoms with Gasteiger partial charge in [0, 0.05) is 6.04 Å². The first-order chi connectivity index (χ1) is 10.7. The van der Waals surface area contributed by atoms with Gasteiger partial charge in [-0.3, -0.25) is 0 Å². The molecule has 1 heterocycles. The number of aromatic nitrogens is 2. The third-order valence-electron chi connectivity index (χ3n) is 4.23. The van der Waals surface area contributed by atoms with Crippen LogP contribution in [-0.4, -0.2) is 28.6 Å². The second kappa shape index (κ2) is 7.15. The van der Waals surface area contributed by atoms with Crippen LogP contribution in [0.5, 0.6) is 0 Å². The van der Waals surface area contributed by atoms with Gasteiger partial charge in [0.2, 0.25) is 6.43 Å². The third kappa shape index (κ3) is 4.43. The minimum Gasteiger partial charge on any atom is -0.366 e. The van der Waals surface area contributed by atoms with E-state index in [1.54, 1.807) is 6.92 Å². The molecule has 23 heavy (non-hydrogen) atoms. The minimum atomic E-state index is -4.87. The number of aryl methyl sites for hydroxylation is 1. The van der Waals surface area contributed by atoms with Crippen LogP contribution < -0.4 is 5.32 Å². The second-order valence-corrected chi connectivity index (χ2v) is 6.16. The van der Waals surface area contributed by atoms with Gasteiger partial charge in [0.1, 0.15) is 23.1 Å². The molecule has 1 aliphatic carbocycles. The van der Waals surface area contributed by atoms with Crippen LogP contribution in [0.3, 0.4) is 0 Å². The summed E-state index contributed by atoms with van der Waals surface area (Å²) in [6, 6.07) is -0.135. The Balaban J connectivity index is 1.97. The van der Waals surface area contributed by atoms with E-state index in [0.717, 1.165) is 0 Å². The molecule has 1 aromatic heterocycles. The Kier molecular flexibility index (Phi) is 5.65. The molecule has 1 saturated carbocycles. The maximum atomic E-state index is 12.8. The van der Waals surface area contributed by atoms with Crippen LogP contribution in [-0.2, 0) is 0 Å². The van der Waals surface area contributed by atoms with Gasteiger partial charge >= 0.3 is 6.18 Å². The van der Waals surface area contributed by atoms with Crippen LogP contribution in [0.1, 0.15) is 31.4 Å². The molecule has 0 aromatic carbocycles. The number of hydrogen-bond acceptors (Lipinski definition) is 3. The normalized spacial score (nSPS) is 23.8. The molecule has 1 aromatic rings. The van der Waals surface area contributed by atoms with Crippen molar-refractivity contribution in [2.45, 2.75) is 51.3 Å². The molecule has 1 N–H and O–H groups in total. The van der Waals surface area contributed by atoms with E-state index in [9.17, 15) is 22.0 Å². The summed E-state index contributed by atoms with van der Waals surface area (Å²) in [7, 11) is 0. The highest BCUT2D eigenvalue weighted by atomic mass is 35.5. The zero-order valence-corrected chi connectivity index (χ0v) is 13.1. The third-order valence-corrected chi connectivity index (χ3v) is 4.69. The second-order valence-electron chi connectivity index (χ2n) is 5.78. The lowest BCUT2D eigenvalue weighted by Crippen LogP contribution is -2.39. The van der Waals surface area contributed by atoms with Gasteiger partial charge in [0.25, 0.3) is 0 Å². The molecule has 1 aliphatic rings. The Labute approximate surface area is 135 Å². The van der Waals surface area contributed by atoms with Gasteiger partial charge in [0.05, 0.1) is 5.69 Å². The van der Waals surface area contributed by atoms with Crippen LogP contribution in [0.25, 0.3) is 0 Å². The highest BCUT2D eigenvalue weighted by molar-refractivity contribution is 6.33. The molecular weight excluding hydrogens is 341 g/mol. The molecule has 2 rings (SSSR count). The number of nitrogens with one attached hydrogen (secondary N) is 1. The van der Waals surface area contributed by atoms with Crippen molar-refractivity contribution in [3.8, 4) is 0 Å². The van der Waals surface area contributed by atoms with E-state index in [-0.39, 0.29) is 18.9 Å². The maximum absolute atomic E-state index is 12.8. The Morgan fingerprint density at radius 1 is 1.17 bits per heavy atom. The molecule has 0 radical (unpaired) electrons. The topological polar surface area (TPSA) is 37.8 Å². The number of alkyl halides is 5. The molecule has 1 unspecified atom stereocenters. The first kappa shape index (κ1) is 18.2. The Morgan fingerprint density at radius 2 is 1.78 bits per heavy atom. The molecule has 3 nitrogen and oxygen atoms in total.